The number of pyridine rings is 1. The van der Waals surface area contributed by atoms with Crippen LogP contribution in [-0.2, 0) is 9.31 Å². The highest BCUT2D eigenvalue weighted by Gasteiger charge is 2.51. The molecule has 11 nitrogen and oxygen atoms in total. The average Bonchev–Trinajstić information content (AvgIpc) is 2.95. The van der Waals surface area contributed by atoms with Gasteiger partial charge in [0, 0.05) is 16.8 Å². The van der Waals surface area contributed by atoms with Crippen molar-refractivity contribution in [2.75, 3.05) is 22.5 Å². The zero-order valence-corrected chi connectivity index (χ0v) is 18.7. The molecule has 0 amide bonds. The van der Waals surface area contributed by atoms with Crippen LogP contribution in [0.15, 0.2) is 23.2 Å². The summed E-state index contributed by atoms with van der Waals surface area (Å²) in [6.07, 6.45) is 1.82. The molecule has 2 aromatic rings. The Balaban J connectivity index is 1.86. The fraction of sp³-hybridized carbons (Fsp3) is 0.333. The van der Waals surface area contributed by atoms with Gasteiger partial charge < -0.3 is 31.8 Å². The van der Waals surface area contributed by atoms with Gasteiger partial charge in [-0.25, -0.2) is 9.98 Å². The van der Waals surface area contributed by atoms with E-state index in [4.69, 9.17) is 31.8 Å². The number of hydrogen-bond acceptors (Lipinski definition) is 11. The van der Waals surface area contributed by atoms with Gasteiger partial charge in [0.2, 0.25) is 5.96 Å². The van der Waals surface area contributed by atoms with Gasteiger partial charge in [-0.2, -0.15) is 10.5 Å². The van der Waals surface area contributed by atoms with Crippen LogP contribution in [0, 0.1) is 22.8 Å². The first-order chi connectivity index (χ1) is 15.5. The molecule has 0 radical (unpaired) electrons. The molecular formula is C21H24BN9O2. The molecule has 3 heterocycles. The quantitative estimate of drug-likeness (QED) is 0.192. The third-order valence-corrected chi connectivity index (χ3v) is 6.29. The number of nitrogens with zero attached hydrogens (tertiary/aromatic N) is 4. The first-order valence-electron chi connectivity index (χ1n) is 10.2. The Bertz CT molecular complexity index is 1240. The number of aliphatic imine (C=N–C) groups is 1. The lowest BCUT2D eigenvalue weighted by Crippen LogP contribution is -2.41. The van der Waals surface area contributed by atoms with E-state index >= 15 is 0 Å². The van der Waals surface area contributed by atoms with E-state index in [9.17, 15) is 5.26 Å². The van der Waals surface area contributed by atoms with Crippen molar-refractivity contribution in [2.45, 2.75) is 44.9 Å². The molecule has 1 atom stereocenters. The summed E-state index contributed by atoms with van der Waals surface area (Å²) in [4.78, 5) is 8.84. The lowest BCUT2D eigenvalue weighted by atomic mass is 9.77. The molecule has 1 aromatic heterocycles. The Morgan fingerprint density at radius 3 is 2.39 bits per heavy atom. The van der Waals surface area contributed by atoms with Gasteiger partial charge in [0.25, 0.3) is 0 Å². The normalized spacial score (nSPS) is 20.1. The Morgan fingerprint density at radius 2 is 1.79 bits per heavy atom. The van der Waals surface area contributed by atoms with Gasteiger partial charge in [0.05, 0.1) is 16.9 Å². The summed E-state index contributed by atoms with van der Waals surface area (Å²) in [6, 6.07) is 6.60. The second-order valence-electron chi connectivity index (χ2n) is 8.88. The number of anilines is 4. The molecule has 4 rings (SSSR count). The van der Waals surface area contributed by atoms with Crippen molar-refractivity contribution in [2.24, 2.45) is 4.99 Å². The van der Waals surface area contributed by atoms with E-state index in [1.807, 2.05) is 52.1 Å². The molecule has 1 saturated heterocycles. The number of hydrogen-bond donors (Lipinski definition) is 5. The standard InChI is InChI=1S/C21H24BN9O2/c1-20(2)21(3,4)33-22(32-20)10-5-6-13(25)11(7-10)16-14-15(26)12(8-23)17(27)30-18(14)31-19(29-16)28-9-24/h5-7,16H,25H2,1-4H3,(H6,26,27,28,29,30,31). The second kappa shape index (κ2) is 7.55. The minimum atomic E-state index is -0.764. The number of fused-ring (bicyclic) bond motifs is 1. The third-order valence-electron chi connectivity index (χ3n) is 6.29. The van der Waals surface area contributed by atoms with Crippen molar-refractivity contribution in [3.8, 4) is 12.3 Å². The smallest absolute Gasteiger partial charge is 0.399 e. The van der Waals surface area contributed by atoms with Gasteiger partial charge in [-0.15, -0.1) is 0 Å². The number of guanidine groups is 1. The zero-order valence-electron chi connectivity index (χ0n) is 18.7. The molecule has 0 saturated carbocycles. The molecule has 33 heavy (non-hydrogen) atoms. The Kier molecular flexibility index (Phi) is 5.08. The fourth-order valence-electron chi connectivity index (χ4n) is 3.76. The summed E-state index contributed by atoms with van der Waals surface area (Å²) >= 11 is 0. The molecule has 0 bridgehead atoms. The van der Waals surface area contributed by atoms with Gasteiger partial charge in [-0.3, -0.25) is 5.32 Å². The van der Waals surface area contributed by atoms with Crippen LogP contribution in [0.3, 0.4) is 0 Å². The van der Waals surface area contributed by atoms with Gasteiger partial charge in [-0.1, -0.05) is 12.1 Å². The molecular weight excluding hydrogens is 421 g/mol. The summed E-state index contributed by atoms with van der Waals surface area (Å²) < 4.78 is 12.3. The van der Waals surface area contributed by atoms with E-state index < -0.39 is 24.4 Å². The van der Waals surface area contributed by atoms with E-state index in [1.54, 1.807) is 6.07 Å². The van der Waals surface area contributed by atoms with Crippen molar-refractivity contribution in [3.05, 3.63) is 34.9 Å². The third kappa shape index (κ3) is 3.55. The van der Waals surface area contributed by atoms with E-state index in [0.29, 0.717) is 16.8 Å². The van der Waals surface area contributed by atoms with Crippen LogP contribution in [0.5, 0.6) is 0 Å². The predicted molar refractivity (Wildman–Crippen MR) is 126 cm³/mol. The lowest BCUT2D eigenvalue weighted by Gasteiger charge is -2.32. The van der Waals surface area contributed by atoms with Crippen molar-refractivity contribution < 1.29 is 9.31 Å². The summed E-state index contributed by atoms with van der Waals surface area (Å²) in [5.41, 5.74) is 19.9. The highest BCUT2D eigenvalue weighted by Crippen LogP contribution is 2.42. The minimum Gasteiger partial charge on any atom is -0.399 e. The summed E-state index contributed by atoms with van der Waals surface area (Å²) in [7, 11) is -0.618. The number of nitrogens with two attached hydrogens (primary N) is 3. The SMILES string of the molecule is CC1(C)OB(c2ccc(N)c(C3N=C(NC#N)Nc4nc(N)c(C#N)c(N)c43)c2)OC1(C)C. The largest absolute Gasteiger partial charge is 0.494 e. The van der Waals surface area contributed by atoms with E-state index in [-0.39, 0.29) is 28.8 Å². The minimum absolute atomic E-state index is 0.0304. The zero-order chi connectivity index (χ0) is 24.1. The maximum Gasteiger partial charge on any atom is 0.494 e. The Labute approximate surface area is 191 Å². The highest BCUT2D eigenvalue weighted by atomic mass is 16.7. The maximum atomic E-state index is 9.51. The molecule has 0 aliphatic carbocycles. The van der Waals surface area contributed by atoms with E-state index in [1.165, 1.54) is 0 Å². The van der Waals surface area contributed by atoms with Crippen LogP contribution in [0.4, 0.5) is 23.0 Å². The molecule has 1 unspecified atom stereocenters. The number of nitrogen functional groups attached to an aromatic ring is 3. The fourth-order valence-corrected chi connectivity index (χ4v) is 3.76. The number of aromatic nitrogens is 1. The second-order valence-corrected chi connectivity index (χ2v) is 8.88. The Morgan fingerprint density at radius 1 is 1.12 bits per heavy atom. The van der Waals surface area contributed by atoms with Crippen LogP contribution in [0.2, 0.25) is 0 Å². The molecule has 1 fully saturated rings. The van der Waals surface area contributed by atoms with Gasteiger partial charge >= 0.3 is 7.12 Å². The average molecular weight is 445 g/mol. The van der Waals surface area contributed by atoms with Crippen LogP contribution in [-0.4, -0.2) is 29.3 Å². The summed E-state index contributed by atoms with van der Waals surface area (Å²) in [5.74, 6) is 0.394. The van der Waals surface area contributed by atoms with Crippen molar-refractivity contribution in [1.82, 2.24) is 10.3 Å². The highest BCUT2D eigenvalue weighted by molar-refractivity contribution is 6.62. The van der Waals surface area contributed by atoms with Gasteiger partial charge in [0.1, 0.15) is 29.3 Å². The molecule has 2 aliphatic rings. The molecule has 8 N–H and O–H groups in total. The van der Waals surface area contributed by atoms with Crippen LogP contribution in [0.25, 0.3) is 0 Å². The van der Waals surface area contributed by atoms with Gasteiger partial charge in [-0.05, 0) is 39.2 Å². The van der Waals surface area contributed by atoms with Crippen LogP contribution >= 0.6 is 0 Å². The van der Waals surface area contributed by atoms with Crippen LogP contribution in [0.1, 0.15) is 50.4 Å². The molecule has 1 aromatic carbocycles. The lowest BCUT2D eigenvalue weighted by molar-refractivity contribution is 0.00578. The number of rotatable bonds is 2. The topological polar surface area (TPSA) is 193 Å². The van der Waals surface area contributed by atoms with Crippen molar-refractivity contribution in [3.63, 3.8) is 0 Å². The number of benzene rings is 1. The van der Waals surface area contributed by atoms with Crippen molar-refractivity contribution >= 4 is 41.6 Å². The first kappa shape index (κ1) is 22.2. The molecule has 12 heteroatoms. The predicted octanol–water partition coefficient (Wildman–Crippen LogP) is 0.941. The van der Waals surface area contributed by atoms with Crippen LogP contribution < -0.4 is 33.3 Å². The molecule has 2 aliphatic heterocycles. The van der Waals surface area contributed by atoms with Gasteiger partial charge in [0.15, 0.2) is 6.19 Å². The van der Waals surface area contributed by atoms with E-state index in [0.717, 1.165) is 5.46 Å². The first-order valence-corrected chi connectivity index (χ1v) is 10.2. The summed E-state index contributed by atoms with van der Waals surface area (Å²) in [5, 5.41) is 24.0. The van der Waals surface area contributed by atoms with Crippen molar-refractivity contribution in [1.29, 1.82) is 10.5 Å². The number of nitriles is 2. The summed E-state index contributed by atoms with van der Waals surface area (Å²) in [6.45, 7) is 7.88. The van der Waals surface area contributed by atoms with E-state index in [2.05, 4.69) is 20.6 Å². The monoisotopic (exact) mass is 445 g/mol. The molecule has 0 spiro atoms. The Hall–Kier alpha value is -4.00. The maximum absolute atomic E-state index is 9.51. The molecule has 168 valence electrons. The number of nitrogens with one attached hydrogen (secondary N) is 2.